The van der Waals surface area contributed by atoms with Crippen LogP contribution in [-0.4, -0.2) is 4.98 Å². The number of halogens is 1. The van der Waals surface area contributed by atoms with Crippen molar-refractivity contribution in [2.75, 3.05) is 0 Å². The summed E-state index contributed by atoms with van der Waals surface area (Å²) in [5, 5.41) is 0. The Morgan fingerprint density at radius 3 is 2.53 bits per heavy atom. The Hall–Kier alpha value is -1.54. The van der Waals surface area contributed by atoms with Crippen molar-refractivity contribution >= 4 is 11.6 Å². The summed E-state index contributed by atoms with van der Waals surface area (Å²) in [4.78, 5) is 4.06. The van der Waals surface area contributed by atoms with Gasteiger partial charge in [0.1, 0.15) is 11.5 Å². The standard InChI is InChI=1S/C16H18ClNO/c1-16(2,3)13-6-4-5-7-15(13)19-14-8-9-18-11-12(14)10-17/h4-9,11H,10H2,1-3H3. The minimum absolute atomic E-state index is 0.0325. The molecule has 0 aliphatic heterocycles. The van der Waals surface area contributed by atoms with E-state index in [-0.39, 0.29) is 5.41 Å². The van der Waals surface area contributed by atoms with Crippen molar-refractivity contribution in [1.29, 1.82) is 0 Å². The van der Waals surface area contributed by atoms with Crippen LogP contribution in [0.4, 0.5) is 0 Å². The van der Waals surface area contributed by atoms with Crippen molar-refractivity contribution in [2.24, 2.45) is 0 Å². The Morgan fingerprint density at radius 1 is 1.11 bits per heavy atom. The molecule has 0 aliphatic carbocycles. The molecule has 100 valence electrons. The highest BCUT2D eigenvalue weighted by Gasteiger charge is 2.19. The van der Waals surface area contributed by atoms with Gasteiger partial charge in [0, 0.05) is 23.5 Å². The van der Waals surface area contributed by atoms with Crippen LogP contribution in [0.2, 0.25) is 0 Å². The lowest BCUT2D eigenvalue weighted by atomic mass is 9.86. The van der Waals surface area contributed by atoms with E-state index in [1.165, 1.54) is 5.56 Å². The summed E-state index contributed by atoms with van der Waals surface area (Å²) in [6.07, 6.45) is 3.45. The van der Waals surface area contributed by atoms with E-state index >= 15 is 0 Å². The first-order chi connectivity index (χ1) is 9.02. The SMILES string of the molecule is CC(C)(C)c1ccccc1Oc1ccncc1CCl. The van der Waals surface area contributed by atoms with Gasteiger partial charge in [-0.05, 0) is 17.5 Å². The van der Waals surface area contributed by atoms with Gasteiger partial charge in [0.15, 0.2) is 0 Å². The molecule has 0 aliphatic rings. The molecule has 2 nitrogen and oxygen atoms in total. The summed E-state index contributed by atoms with van der Waals surface area (Å²) >= 11 is 5.91. The maximum absolute atomic E-state index is 6.03. The molecule has 1 heterocycles. The number of hydrogen-bond acceptors (Lipinski definition) is 2. The maximum atomic E-state index is 6.03. The molecule has 0 fully saturated rings. The molecule has 0 spiro atoms. The molecule has 19 heavy (non-hydrogen) atoms. The molecule has 2 aromatic rings. The highest BCUT2D eigenvalue weighted by atomic mass is 35.5. The van der Waals surface area contributed by atoms with Crippen LogP contribution in [-0.2, 0) is 11.3 Å². The fraction of sp³-hybridized carbons (Fsp3) is 0.312. The Bertz CT molecular complexity index is 561. The Balaban J connectivity index is 2.39. The molecule has 2 rings (SSSR count). The molecule has 3 heteroatoms. The van der Waals surface area contributed by atoms with Gasteiger partial charge in [0.25, 0.3) is 0 Å². The monoisotopic (exact) mass is 275 g/mol. The number of alkyl halides is 1. The number of aromatic nitrogens is 1. The van der Waals surface area contributed by atoms with Gasteiger partial charge in [-0.3, -0.25) is 4.98 Å². The fourth-order valence-corrected chi connectivity index (χ4v) is 2.11. The first-order valence-corrected chi connectivity index (χ1v) is 6.82. The highest BCUT2D eigenvalue weighted by Crippen LogP contribution is 2.34. The normalized spacial score (nSPS) is 11.4. The summed E-state index contributed by atoms with van der Waals surface area (Å²) in [6, 6.07) is 9.93. The predicted octanol–water partition coefficient (Wildman–Crippen LogP) is 4.91. The molecule has 0 N–H and O–H groups in total. The third-order valence-corrected chi connectivity index (χ3v) is 3.21. The van der Waals surface area contributed by atoms with Crippen LogP contribution >= 0.6 is 11.6 Å². The number of nitrogens with zero attached hydrogens (tertiary/aromatic N) is 1. The number of pyridine rings is 1. The third kappa shape index (κ3) is 3.27. The van der Waals surface area contributed by atoms with Crippen molar-refractivity contribution in [3.05, 3.63) is 53.9 Å². The van der Waals surface area contributed by atoms with Crippen LogP contribution in [0.3, 0.4) is 0 Å². The topological polar surface area (TPSA) is 22.1 Å². The number of rotatable bonds is 3. The first kappa shape index (κ1) is 13.9. The van der Waals surface area contributed by atoms with Gasteiger partial charge in [0.2, 0.25) is 0 Å². The number of para-hydroxylation sites is 1. The average molecular weight is 276 g/mol. The molecule has 0 unspecified atom stereocenters. The van der Waals surface area contributed by atoms with Gasteiger partial charge in [-0.2, -0.15) is 0 Å². The van der Waals surface area contributed by atoms with E-state index in [4.69, 9.17) is 16.3 Å². The maximum Gasteiger partial charge on any atom is 0.134 e. The second-order valence-electron chi connectivity index (χ2n) is 5.47. The quantitative estimate of drug-likeness (QED) is 0.743. The van der Waals surface area contributed by atoms with E-state index < -0.39 is 0 Å². The Labute approximate surface area is 119 Å². The molecule has 0 radical (unpaired) electrons. The average Bonchev–Trinajstić information content (AvgIpc) is 2.39. The van der Waals surface area contributed by atoms with Gasteiger partial charge in [-0.15, -0.1) is 11.6 Å². The number of benzene rings is 1. The summed E-state index contributed by atoms with van der Waals surface area (Å²) in [6.45, 7) is 6.51. The lowest BCUT2D eigenvalue weighted by molar-refractivity contribution is 0.451. The van der Waals surface area contributed by atoms with Crippen molar-refractivity contribution in [3.63, 3.8) is 0 Å². The number of ether oxygens (including phenoxy) is 1. The second-order valence-corrected chi connectivity index (χ2v) is 5.73. The number of hydrogen-bond donors (Lipinski definition) is 0. The van der Waals surface area contributed by atoms with Gasteiger partial charge in [-0.1, -0.05) is 39.0 Å². The molecular formula is C16H18ClNO. The Morgan fingerprint density at radius 2 is 1.84 bits per heavy atom. The molecule has 0 saturated carbocycles. The molecule has 0 saturated heterocycles. The summed E-state index contributed by atoms with van der Waals surface area (Å²) in [5.74, 6) is 2.02. The van der Waals surface area contributed by atoms with Crippen molar-refractivity contribution in [2.45, 2.75) is 32.1 Å². The van der Waals surface area contributed by atoms with Crippen molar-refractivity contribution < 1.29 is 4.74 Å². The van der Waals surface area contributed by atoms with Crippen LogP contribution in [0, 0.1) is 0 Å². The predicted molar refractivity (Wildman–Crippen MR) is 79.0 cm³/mol. The largest absolute Gasteiger partial charge is 0.457 e. The molecule has 0 bridgehead atoms. The van der Waals surface area contributed by atoms with Crippen LogP contribution in [0.1, 0.15) is 31.9 Å². The minimum atomic E-state index is 0.0325. The van der Waals surface area contributed by atoms with Crippen LogP contribution in [0.25, 0.3) is 0 Å². The summed E-state index contributed by atoms with van der Waals surface area (Å²) < 4.78 is 6.03. The highest BCUT2D eigenvalue weighted by molar-refractivity contribution is 6.17. The van der Waals surface area contributed by atoms with Gasteiger partial charge in [0.05, 0.1) is 5.88 Å². The molecule has 1 aromatic carbocycles. The van der Waals surface area contributed by atoms with Crippen LogP contribution < -0.4 is 4.74 Å². The second kappa shape index (κ2) is 5.62. The van der Waals surface area contributed by atoms with Crippen LogP contribution in [0.15, 0.2) is 42.7 Å². The van der Waals surface area contributed by atoms with Crippen molar-refractivity contribution in [3.8, 4) is 11.5 Å². The lowest BCUT2D eigenvalue weighted by Gasteiger charge is -2.23. The fourth-order valence-electron chi connectivity index (χ4n) is 1.91. The Kier molecular flexibility index (Phi) is 4.11. The summed E-state index contributed by atoms with van der Waals surface area (Å²) in [5.41, 5.74) is 2.10. The van der Waals surface area contributed by atoms with Crippen LogP contribution in [0.5, 0.6) is 11.5 Å². The zero-order valence-corrected chi connectivity index (χ0v) is 12.2. The molecule has 0 atom stereocenters. The molecule has 0 amide bonds. The smallest absolute Gasteiger partial charge is 0.134 e. The van der Waals surface area contributed by atoms with Crippen molar-refractivity contribution in [1.82, 2.24) is 4.98 Å². The molecular weight excluding hydrogens is 258 g/mol. The molecule has 1 aromatic heterocycles. The van der Waals surface area contributed by atoms with E-state index in [1.807, 2.05) is 24.3 Å². The third-order valence-electron chi connectivity index (χ3n) is 2.92. The van der Waals surface area contributed by atoms with E-state index in [0.717, 1.165) is 17.1 Å². The van der Waals surface area contributed by atoms with E-state index in [9.17, 15) is 0 Å². The lowest BCUT2D eigenvalue weighted by Crippen LogP contribution is -2.12. The van der Waals surface area contributed by atoms with Gasteiger partial charge in [-0.25, -0.2) is 0 Å². The minimum Gasteiger partial charge on any atom is -0.457 e. The zero-order valence-electron chi connectivity index (χ0n) is 11.5. The zero-order chi connectivity index (χ0) is 13.9. The first-order valence-electron chi connectivity index (χ1n) is 6.28. The van der Waals surface area contributed by atoms with E-state index in [2.05, 4.69) is 31.8 Å². The van der Waals surface area contributed by atoms with E-state index in [1.54, 1.807) is 12.4 Å². The summed E-state index contributed by atoms with van der Waals surface area (Å²) in [7, 11) is 0. The van der Waals surface area contributed by atoms with E-state index in [0.29, 0.717) is 5.88 Å². The van der Waals surface area contributed by atoms with Gasteiger partial charge < -0.3 is 4.74 Å². The van der Waals surface area contributed by atoms with Gasteiger partial charge >= 0.3 is 0 Å².